The van der Waals surface area contributed by atoms with E-state index in [0.717, 1.165) is 50.5 Å². The van der Waals surface area contributed by atoms with Crippen LogP contribution in [0.25, 0.3) is 0 Å². The molecule has 0 spiro atoms. The van der Waals surface area contributed by atoms with E-state index in [4.69, 9.17) is 26.4 Å². The predicted octanol–water partition coefficient (Wildman–Crippen LogP) is 2.79. The molecular formula is C23H30N4O3S. The highest BCUT2D eigenvalue weighted by molar-refractivity contribution is 7.80. The van der Waals surface area contributed by atoms with Gasteiger partial charge in [0.1, 0.15) is 6.61 Å². The van der Waals surface area contributed by atoms with Crippen molar-refractivity contribution < 1.29 is 14.2 Å². The van der Waals surface area contributed by atoms with Crippen molar-refractivity contribution in [2.24, 2.45) is 5.10 Å². The molecular weight excluding hydrogens is 412 g/mol. The Hall–Kier alpha value is -2.68. The van der Waals surface area contributed by atoms with Crippen LogP contribution >= 0.6 is 12.2 Å². The molecule has 0 bridgehead atoms. The number of morpholine rings is 1. The van der Waals surface area contributed by atoms with Crippen LogP contribution in [-0.4, -0.2) is 62.2 Å². The van der Waals surface area contributed by atoms with Crippen LogP contribution in [0.15, 0.2) is 53.6 Å². The predicted molar refractivity (Wildman–Crippen MR) is 127 cm³/mol. The number of hydrogen-bond donors (Lipinski definition) is 2. The summed E-state index contributed by atoms with van der Waals surface area (Å²) in [5.74, 6) is 1.39. The maximum atomic E-state index is 5.94. The molecule has 1 aliphatic heterocycles. The van der Waals surface area contributed by atoms with E-state index in [0.29, 0.717) is 29.8 Å². The molecule has 3 rings (SSSR count). The standard InChI is InChI=1S/C23H30N4O3S/c1-2-29-22-16-20(8-9-21(22)30-18-19-6-4-3-5-7-19)17-25-26-23(31)24-10-11-27-12-14-28-15-13-27/h3-9,16-17H,2,10-15,18H2,1H3,(H2,24,26,31)/b25-17+. The first-order valence-electron chi connectivity index (χ1n) is 10.5. The van der Waals surface area contributed by atoms with Gasteiger partial charge in [0, 0.05) is 26.2 Å². The van der Waals surface area contributed by atoms with E-state index < -0.39 is 0 Å². The molecule has 0 amide bonds. The number of rotatable bonds is 10. The maximum Gasteiger partial charge on any atom is 0.187 e. The second-order valence-electron chi connectivity index (χ2n) is 6.99. The molecule has 2 N–H and O–H groups in total. The van der Waals surface area contributed by atoms with E-state index in [-0.39, 0.29) is 0 Å². The van der Waals surface area contributed by atoms with Gasteiger partial charge in [-0.2, -0.15) is 5.10 Å². The van der Waals surface area contributed by atoms with Gasteiger partial charge in [-0.3, -0.25) is 10.3 Å². The molecule has 8 heteroatoms. The first-order valence-corrected chi connectivity index (χ1v) is 11.0. The Morgan fingerprint density at radius 1 is 1.13 bits per heavy atom. The number of thiocarbonyl (C=S) groups is 1. The first kappa shape index (κ1) is 23.0. The monoisotopic (exact) mass is 442 g/mol. The summed E-state index contributed by atoms with van der Waals surface area (Å²) >= 11 is 5.28. The fourth-order valence-corrected chi connectivity index (χ4v) is 3.24. The Kier molecular flexibility index (Phi) is 9.56. The maximum absolute atomic E-state index is 5.94. The van der Waals surface area contributed by atoms with Crippen LogP contribution in [0, 0.1) is 0 Å². The topological polar surface area (TPSA) is 67.4 Å². The largest absolute Gasteiger partial charge is 0.490 e. The van der Waals surface area contributed by atoms with Gasteiger partial charge < -0.3 is 19.5 Å². The highest BCUT2D eigenvalue weighted by atomic mass is 32.1. The summed E-state index contributed by atoms with van der Waals surface area (Å²) in [6, 6.07) is 15.8. The minimum absolute atomic E-state index is 0.486. The van der Waals surface area contributed by atoms with Crippen LogP contribution in [0.5, 0.6) is 11.5 Å². The third-order valence-corrected chi connectivity index (χ3v) is 4.94. The Bertz CT molecular complexity index is 842. The summed E-state index contributed by atoms with van der Waals surface area (Å²) < 4.78 is 17.0. The Morgan fingerprint density at radius 2 is 1.94 bits per heavy atom. The molecule has 7 nitrogen and oxygen atoms in total. The van der Waals surface area contributed by atoms with E-state index in [2.05, 4.69) is 20.7 Å². The van der Waals surface area contributed by atoms with Crippen molar-refractivity contribution in [1.82, 2.24) is 15.6 Å². The van der Waals surface area contributed by atoms with Gasteiger partial charge in [0.2, 0.25) is 0 Å². The SMILES string of the molecule is CCOc1cc(/C=N/NC(=S)NCCN2CCOCC2)ccc1OCc1ccccc1. The lowest BCUT2D eigenvalue weighted by atomic mass is 10.2. The summed E-state index contributed by atoms with van der Waals surface area (Å²) in [7, 11) is 0. The summed E-state index contributed by atoms with van der Waals surface area (Å²) in [5.41, 5.74) is 4.85. The Morgan fingerprint density at radius 3 is 2.71 bits per heavy atom. The van der Waals surface area contributed by atoms with Crippen LogP contribution in [0.4, 0.5) is 0 Å². The number of nitrogens with zero attached hydrogens (tertiary/aromatic N) is 2. The normalized spacial score (nSPS) is 14.4. The fourth-order valence-electron chi connectivity index (χ4n) is 3.09. The van der Waals surface area contributed by atoms with Crippen LogP contribution in [0.2, 0.25) is 0 Å². The van der Waals surface area contributed by atoms with Crippen molar-refractivity contribution in [3.05, 3.63) is 59.7 Å². The van der Waals surface area contributed by atoms with Crippen molar-refractivity contribution in [3.8, 4) is 11.5 Å². The second-order valence-corrected chi connectivity index (χ2v) is 7.40. The number of nitrogens with one attached hydrogen (secondary N) is 2. The van der Waals surface area contributed by atoms with Crippen LogP contribution in [0.1, 0.15) is 18.1 Å². The van der Waals surface area contributed by atoms with E-state index in [1.165, 1.54) is 0 Å². The Labute approximate surface area is 189 Å². The minimum atomic E-state index is 0.486. The van der Waals surface area contributed by atoms with Crippen LogP contribution < -0.4 is 20.2 Å². The lowest BCUT2D eigenvalue weighted by Gasteiger charge is -2.26. The molecule has 0 saturated carbocycles. The number of hydrogen-bond acceptors (Lipinski definition) is 6. The van der Waals surface area contributed by atoms with E-state index in [1.807, 2.05) is 55.5 Å². The lowest BCUT2D eigenvalue weighted by Crippen LogP contribution is -2.42. The molecule has 2 aromatic rings. The molecule has 0 radical (unpaired) electrons. The number of hydrazone groups is 1. The molecule has 0 aliphatic carbocycles. The first-order chi connectivity index (χ1) is 15.2. The number of benzene rings is 2. The molecule has 0 aromatic heterocycles. The van der Waals surface area contributed by atoms with E-state index in [1.54, 1.807) is 6.21 Å². The van der Waals surface area contributed by atoms with Gasteiger partial charge in [-0.15, -0.1) is 0 Å². The molecule has 1 fully saturated rings. The summed E-state index contributed by atoms with van der Waals surface area (Å²) in [6.45, 7) is 8.21. The Balaban J connectivity index is 1.46. The number of ether oxygens (including phenoxy) is 3. The molecule has 2 aromatic carbocycles. The summed E-state index contributed by atoms with van der Waals surface area (Å²) in [4.78, 5) is 2.35. The zero-order valence-corrected chi connectivity index (χ0v) is 18.7. The quantitative estimate of drug-likeness (QED) is 0.333. The molecule has 31 heavy (non-hydrogen) atoms. The zero-order chi connectivity index (χ0) is 21.7. The van der Waals surface area contributed by atoms with Gasteiger partial charge in [0.15, 0.2) is 16.6 Å². The minimum Gasteiger partial charge on any atom is -0.490 e. The third-order valence-electron chi connectivity index (χ3n) is 4.70. The molecule has 1 aliphatic rings. The highest BCUT2D eigenvalue weighted by Crippen LogP contribution is 2.28. The molecule has 1 heterocycles. The molecule has 166 valence electrons. The van der Waals surface area contributed by atoms with Crippen molar-refractivity contribution in [2.75, 3.05) is 46.0 Å². The van der Waals surface area contributed by atoms with Crippen molar-refractivity contribution >= 4 is 23.5 Å². The van der Waals surface area contributed by atoms with Gasteiger partial charge in [-0.25, -0.2) is 0 Å². The van der Waals surface area contributed by atoms with Gasteiger partial charge in [0.05, 0.1) is 26.0 Å². The van der Waals surface area contributed by atoms with Crippen molar-refractivity contribution in [3.63, 3.8) is 0 Å². The van der Waals surface area contributed by atoms with Gasteiger partial charge >= 0.3 is 0 Å². The average molecular weight is 443 g/mol. The lowest BCUT2D eigenvalue weighted by molar-refractivity contribution is 0.0389. The fraction of sp³-hybridized carbons (Fsp3) is 0.391. The van der Waals surface area contributed by atoms with E-state index in [9.17, 15) is 0 Å². The van der Waals surface area contributed by atoms with Crippen molar-refractivity contribution in [1.29, 1.82) is 0 Å². The average Bonchev–Trinajstić information content (AvgIpc) is 2.80. The zero-order valence-electron chi connectivity index (χ0n) is 17.9. The second kappa shape index (κ2) is 12.9. The summed E-state index contributed by atoms with van der Waals surface area (Å²) in [5, 5.41) is 7.89. The smallest absolute Gasteiger partial charge is 0.187 e. The van der Waals surface area contributed by atoms with Gasteiger partial charge in [-0.1, -0.05) is 30.3 Å². The van der Waals surface area contributed by atoms with Gasteiger partial charge in [0.25, 0.3) is 0 Å². The van der Waals surface area contributed by atoms with Crippen LogP contribution in [0.3, 0.4) is 0 Å². The molecule has 0 atom stereocenters. The van der Waals surface area contributed by atoms with Gasteiger partial charge in [-0.05, 0) is 48.5 Å². The molecule has 1 saturated heterocycles. The van der Waals surface area contributed by atoms with E-state index >= 15 is 0 Å². The third kappa shape index (κ3) is 8.16. The highest BCUT2D eigenvalue weighted by Gasteiger charge is 2.09. The molecule has 0 unspecified atom stereocenters. The van der Waals surface area contributed by atoms with Crippen molar-refractivity contribution in [2.45, 2.75) is 13.5 Å². The van der Waals surface area contributed by atoms with Crippen LogP contribution in [-0.2, 0) is 11.3 Å². The summed E-state index contributed by atoms with van der Waals surface area (Å²) in [6.07, 6.45) is 1.71.